The fourth-order valence-electron chi connectivity index (χ4n) is 2.37. The van der Waals surface area contributed by atoms with Crippen molar-refractivity contribution in [3.63, 3.8) is 0 Å². The van der Waals surface area contributed by atoms with Crippen molar-refractivity contribution < 1.29 is 23.1 Å². The lowest BCUT2D eigenvalue weighted by Gasteiger charge is -2.16. The van der Waals surface area contributed by atoms with Crippen LogP contribution in [0, 0.1) is 5.92 Å². The summed E-state index contributed by atoms with van der Waals surface area (Å²) in [6.07, 6.45) is 0.498. The summed E-state index contributed by atoms with van der Waals surface area (Å²) >= 11 is 0. The molecule has 1 amide bonds. The Hall–Kier alpha value is -1.93. The average Bonchev–Trinajstić information content (AvgIpc) is 2.87. The van der Waals surface area contributed by atoms with E-state index in [1.165, 1.54) is 28.6 Å². The number of amides is 1. The summed E-state index contributed by atoms with van der Waals surface area (Å²) in [5.74, 6) is -1.71. The van der Waals surface area contributed by atoms with Gasteiger partial charge in [-0.15, -0.1) is 0 Å². The molecule has 21 heavy (non-hydrogen) atoms. The van der Waals surface area contributed by atoms with Crippen LogP contribution in [0.3, 0.4) is 0 Å². The second kappa shape index (κ2) is 5.82. The summed E-state index contributed by atoms with van der Waals surface area (Å²) in [6, 6.07) is 5.39. The number of nitrogens with zero attached hydrogens (tertiary/aromatic N) is 1. The molecule has 0 aliphatic carbocycles. The molecule has 1 aliphatic rings. The Kier molecular flexibility index (Phi) is 4.29. The predicted molar refractivity (Wildman–Crippen MR) is 74.1 cm³/mol. The Balaban J connectivity index is 2.15. The number of hydrogen-bond donors (Lipinski definition) is 2. The largest absolute Gasteiger partial charge is 0.481 e. The molecule has 1 aromatic rings. The van der Waals surface area contributed by atoms with E-state index in [9.17, 15) is 18.0 Å². The fraction of sp³-hybridized carbons (Fsp3) is 0.385. The van der Waals surface area contributed by atoms with Gasteiger partial charge < -0.3 is 10.8 Å². The number of carboxylic acids is 1. The minimum Gasteiger partial charge on any atom is -0.481 e. The van der Waals surface area contributed by atoms with Crippen molar-refractivity contribution in [2.45, 2.75) is 17.7 Å². The molecule has 3 N–H and O–H groups in total. The number of hydrogen-bond acceptors (Lipinski definition) is 4. The minimum atomic E-state index is -3.66. The highest BCUT2D eigenvalue weighted by atomic mass is 32.2. The van der Waals surface area contributed by atoms with Crippen molar-refractivity contribution in [1.29, 1.82) is 0 Å². The zero-order chi connectivity index (χ0) is 15.6. The molecular formula is C13H16N2O5S. The molecule has 1 heterocycles. The van der Waals surface area contributed by atoms with Crippen molar-refractivity contribution in [1.82, 2.24) is 4.31 Å². The molecule has 0 bridgehead atoms. The molecule has 8 heteroatoms. The van der Waals surface area contributed by atoms with Crippen LogP contribution in [0.5, 0.6) is 0 Å². The van der Waals surface area contributed by atoms with Gasteiger partial charge in [-0.05, 0) is 36.6 Å². The number of nitrogens with two attached hydrogens (primary N) is 1. The van der Waals surface area contributed by atoms with Crippen molar-refractivity contribution in [3.8, 4) is 0 Å². The number of benzene rings is 1. The maximum absolute atomic E-state index is 12.4. The first-order valence-electron chi connectivity index (χ1n) is 6.42. The highest BCUT2D eigenvalue weighted by molar-refractivity contribution is 7.89. The average molecular weight is 312 g/mol. The first-order chi connectivity index (χ1) is 9.80. The van der Waals surface area contributed by atoms with Crippen LogP contribution in [-0.2, 0) is 14.8 Å². The second-order valence-electron chi connectivity index (χ2n) is 5.00. The predicted octanol–water partition coefficient (Wildman–Crippen LogP) is 0.271. The van der Waals surface area contributed by atoms with Gasteiger partial charge in [0.15, 0.2) is 0 Å². The lowest BCUT2D eigenvalue weighted by molar-refractivity contribution is -0.137. The Morgan fingerprint density at radius 3 is 2.43 bits per heavy atom. The molecule has 1 aliphatic heterocycles. The summed E-state index contributed by atoms with van der Waals surface area (Å²) in [6.45, 7) is 0.504. The van der Waals surface area contributed by atoms with Gasteiger partial charge in [0.1, 0.15) is 0 Å². The molecule has 2 rings (SSSR count). The van der Waals surface area contributed by atoms with Gasteiger partial charge in [-0.1, -0.05) is 0 Å². The van der Waals surface area contributed by atoms with E-state index in [2.05, 4.69) is 0 Å². The summed E-state index contributed by atoms with van der Waals surface area (Å²) < 4.78 is 26.1. The molecular weight excluding hydrogens is 296 g/mol. The van der Waals surface area contributed by atoms with Gasteiger partial charge in [0.05, 0.1) is 4.90 Å². The quantitative estimate of drug-likeness (QED) is 0.809. The zero-order valence-electron chi connectivity index (χ0n) is 11.2. The molecule has 0 saturated carbocycles. The number of rotatable bonds is 5. The summed E-state index contributed by atoms with van der Waals surface area (Å²) in [5, 5.41) is 8.75. The molecule has 114 valence electrons. The number of carbonyl (C=O) groups is 2. The van der Waals surface area contributed by atoms with Crippen molar-refractivity contribution >= 4 is 21.9 Å². The zero-order valence-corrected chi connectivity index (χ0v) is 12.0. The SMILES string of the molecule is NC(=O)c1ccc(S(=O)(=O)N2CCC(CC(=O)O)C2)cc1. The normalized spacial score (nSPS) is 19.5. The van der Waals surface area contributed by atoms with E-state index >= 15 is 0 Å². The molecule has 0 spiro atoms. The van der Waals surface area contributed by atoms with Crippen LogP contribution in [0.15, 0.2) is 29.2 Å². The van der Waals surface area contributed by atoms with E-state index in [4.69, 9.17) is 10.8 Å². The molecule has 1 atom stereocenters. The lowest BCUT2D eigenvalue weighted by atomic mass is 10.1. The summed E-state index contributed by atoms with van der Waals surface area (Å²) in [4.78, 5) is 21.7. The number of aliphatic carboxylic acids is 1. The van der Waals surface area contributed by atoms with Crippen LogP contribution < -0.4 is 5.73 Å². The number of carbonyl (C=O) groups excluding carboxylic acids is 1. The summed E-state index contributed by atoms with van der Waals surface area (Å²) in [5.41, 5.74) is 5.34. The maximum Gasteiger partial charge on any atom is 0.303 e. The van der Waals surface area contributed by atoms with Gasteiger partial charge >= 0.3 is 5.97 Å². The van der Waals surface area contributed by atoms with E-state index in [1.807, 2.05) is 0 Å². The first-order valence-corrected chi connectivity index (χ1v) is 7.86. The molecule has 1 fully saturated rings. The lowest BCUT2D eigenvalue weighted by Crippen LogP contribution is -2.29. The van der Waals surface area contributed by atoms with Gasteiger partial charge in [-0.2, -0.15) is 4.31 Å². The molecule has 0 radical (unpaired) electrons. The fourth-order valence-corrected chi connectivity index (χ4v) is 3.90. The highest BCUT2D eigenvalue weighted by Gasteiger charge is 2.33. The van der Waals surface area contributed by atoms with Crippen molar-refractivity contribution in [3.05, 3.63) is 29.8 Å². The van der Waals surface area contributed by atoms with Crippen molar-refractivity contribution in [2.75, 3.05) is 13.1 Å². The molecule has 7 nitrogen and oxygen atoms in total. The molecule has 1 unspecified atom stereocenters. The topological polar surface area (TPSA) is 118 Å². The van der Waals surface area contributed by atoms with Crippen LogP contribution in [0.25, 0.3) is 0 Å². The van der Waals surface area contributed by atoms with Gasteiger partial charge in [0, 0.05) is 25.1 Å². The first kappa shape index (κ1) is 15.5. The van der Waals surface area contributed by atoms with Crippen LogP contribution in [0.2, 0.25) is 0 Å². The van der Waals surface area contributed by atoms with E-state index in [-0.39, 0.29) is 29.3 Å². The van der Waals surface area contributed by atoms with E-state index in [0.29, 0.717) is 13.0 Å². The second-order valence-corrected chi connectivity index (χ2v) is 6.94. The summed E-state index contributed by atoms with van der Waals surface area (Å²) in [7, 11) is -3.66. The smallest absolute Gasteiger partial charge is 0.303 e. The third-order valence-electron chi connectivity index (χ3n) is 3.49. The van der Waals surface area contributed by atoms with Gasteiger partial charge in [0.2, 0.25) is 15.9 Å². The monoisotopic (exact) mass is 312 g/mol. The third kappa shape index (κ3) is 3.40. The van der Waals surface area contributed by atoms with Crippen molar-refractivity contribution in [2.24, 2.45) is 11.7 Å². The van der Waals surface area contributed by atoms with Crippen LogP contribution in [0.1, 0.15) is 23.2 Å². The van der Waals surface area contributed by atoms with Crippen LogP contribution in [-0.4, -0.2) is 42.8 Å². The van der Waals surface area contributed by atoms with Gasteiger partial charge in [-0.25, -0.2) is 8.42 Å². The Morgan fingerprint density at radius 1 is 1.29 bits per heavy atom. The highest BCUT2D eigenvalue weighted by Crippen LogP contribution is 2.26. The van der Waals surface area contributed by atoms with E-state index in [1.54, 1.807) is 0 Å². The number of primary amides is 1. The minimum absolute atomic E-state index is 0.0351. The molecule has 1 aromatic carbocycles. The van der Waals surface area contributed by atoms with E-state index in [0.717, 1.165) is 0 Å². The van der Waals surface area contributed by atoms with Gasteiger partial charge in [0.25, 0.3) is 0 Å². The Labute approximate surface area is 122 Å². The van der Waals surface area contributed by atoms with Crippen LogP contribution >= 0.6 is 0 Å². The van der Waals surface area contributed by atoms with E-state index < -0.39 is 21.9 Å². The Morgan fingerprint density at radius 2 is 1.90 bits per heavy atom. The third-order valence-corrected chi connectivity index (χ3v) is 5.37. The molecule has 1 saturated heterocycles. The standard InChI is InChI=1S/C13H16N2O5S/c14-13(18)10-1-3-11(4-2-10)21(19,20)15-6-5-9(8-15)7-12(16)17/h1-4,9H,5-8H2,(H2,14,18)(H,16,17). The number of carboxylic acid groups (broad SMARTS) is 1. The van der Waals surface area contributed by atoms with Gasteiger partial charge in [-0.3, -0.25) is 9.59 Å². The molecule has 0 aromatic heterocycles. The number of sulfonamides is 1. The van der Waals surface area contributed by atoms with Crippen LogP contribution in [0.4, 0.5) is 0 Å². The Bertz CT molecular complexity index is 654. The maximum atomic E-state index is 12.4.